The molecule has 3 aromatic rings. The van der Waals surface area contributed by atoms with Crippen molar-refractivity contribution in [3.05, 3.63) is 52.8 Å². The molecule has 0 spiro atoms. The number of halogens is 2. The van der Waals surface area contributed by atoms with Crippen molar-refractivity contribution in [3.63, 3.8) is 0 Å². The summed E-state index contributed by atoms with van der Waals surface area (Å²) in [5.74, 6) is 0.401. The maximum Gasteiger partial charge on any atom is 0.258 e. The van der Waals surface area contributed by atoms with Gasteiger partial charge in [-0.3, -0.25) is 0 Å². The zero-order valence-electron chi connectivity index (χ0n) is 10.0. The third-order valence-corrected chi connectivity index (χ3v) is 3.30. The summed E-state index contributed by atoms with van der Waals surface area (Å²) in [5, 5.41) is 13.3. The zero-order valence-corrected chi connectivity index (χ0v) is 11.6. The van der Waals surface area contributed by atoms with E-state index in [4.69, 9.17) is 4.52 Å². The molecule has 1 heterocycles. The van der Waals surface area contributed by atoms with E-state index in [1.807, 2.05) is 0 Å². The minimum absolute atomic E-state index is 0.117. The van der Waals surface area contributed by atoms with Crippen LogP contribution in [0.15, 0.2) is 51.5 Å². The van der Waals surface area contributed by atoms with Crippen LogP contribution in [-0.2, 0) is 0 Å². The summed E-state index contributed by atoms with van der Waals surface area (Å²) in [4.78, 5) is 4.23. The molecule has 2 aromatic carbocycles. The van der Waals surface area contributed by atoms with Gasteiger partial charge < -0.3 is 9.63 Å². The second-order valence-electron chi connectivity index (χ2n) is 4.10. The smallest absolute Gasteiger partial charge is 0.258 e. The fraction of sp³-hybridized carbons (Fsp3) is 0. The van der Waals surface area contributed by atoms with Crippen LogP contribution in [0.1, 0.15) is 0 Å². The molecular weight excluding hydrogens is 327 g/mol. The lowest BCUT2D eigenvalue weighted by Gasteiger charge is -1.97. The Bertz CT molecular complexity index is 773. The molecule has 0 atom stereocenters. The number of hydrogen-bond donors (Lipinski definition) is 1. The lowest BCUT2D eigenvalue weighted by atomic mass is 10.2. The number of phenolic OH excluding ortho intramolecular Hbond substituents is 1. The van der Waals surface area contributed by atoms with Crippen molar-refractivity contribution in [2.75, 3.05) is 0 Å². The highest BCUT2D eigenvalue weighted by Crippen LogP contribution is 2.26. The molecule has 0 amide bonds. The quantitative estimate of drug-likeness (QED) is 0.769. The van der Waals surface area contributed by atoms with E-state index >= 15 is 0 Å². The molecule has 0 radical (unpaired) electrons. The first-order chi connectivity index (χ1) is 9.63. The summed E-state index contributed by atoms with van der Waals surface area (Å²) < 4.78 is 18.7. The molecular formula is C14H8BrFN2O2. The molecule has 0 aliphatic rings. The third kappa shape index (κ3) is 2.42. The van der Waals surface area contributed by atoms with Gasteiger partial charge in [-0.05, 0) is 52.3 Å². The van der Waals surface area contributed by atoms with E-state index in [0.29, 0.717) is 21.4 Å². The molecule has 100 valence electrons. The number of nitrogens with zero attached hydrogens (tertiary/aromatic N) is 2. The molecule has 0 unspecified atom stereocenters. The summed E-state index contributed by atoms with van der Waals surface area (Å²) in [6.07, 6.45) is 0. The predicted octanol–water partition coefficient (Wildman–Crippen LogP) is 4.01. The minimum Gasteiger partial charge on any atom is -0.508 e. The second kappa shape index (κ2) is 5.05. The van der Waals surface area contributed by atoms with Crippen molar-refractivity contribution in [2.24, 2.45) is 0 Å². The van der Waals surface area contributed by atoms with Gasteiger partial charge in [-0.2, -0.15) is 4.98 Å². The van der Waals surface area contributed by atoms with E-state index in [-0.39, 0.29) is 17.5 Å². The lowest BCUT2D eigenvalue weighted by Crippen LogP contribution is -1.84. The molecule has 4 nitrogen and oxygen atoms in total. The largest absolute Gasteiger partial charge is 0.508 e. The van der Waals surface area contributed by atoms with Crippen LogP contribution in [0.4, 0.5) is 4.39 Å². The van der Waals surface area contributed by atoms with E-state index in [0.717, 1.165) is 0 Å². The predicted molar refractivity (Wildman–Crippen MR) is 74.5 cm³/mol. The highest BCUT2D eigenvalue weighted by Gasteiger charge is 2.12. The Kier molecular flexibility index (Phi) is 3.23. The molecule has 6 heteroatoms. The molecule has 3 rings (SSSR count). The highest BCUT2D eigenvalue weighted by molar-refractivity contribution is 9.10. The first-order valence-corrected chi connectivity index (χ1v) is 6.51. The molecule has 20 heavy (non-hydrogen) atoms. The molecule has 0 saturated heterocycles. The Morgan fingerprint density at radius 3 is 2.70 bits per heavy atom. The van der Waals surface area contributed by atoms with Crippen LogP contribution in [0.3, 0.4) is 0 Å². The van der Waals surface area contributed by atoms with Crippen molar-refractivity contribution in [1.29, 1.82) is 0 Å². The Morgan fingerprint density at radius 1 is 1.10 bits per heavy atom. The van der Waals surface area contributed by atoms with E-state index in [2.05, 4.69) is 26.1 Å². The molecule has 1 N–H and O–H groups in total. The summed E-state index contributed by atoms with van der Waals surface area (Å²) in [7, 11) is 0. The average Bonchev–Trinajstić information content (AvgIpc) is 2.92. The van der Waals surface area contributed by atoms with E-state index < -0.39 is 0 Å². The Labute approximate surface area is 122 Å². The first-order valence-electron chi connectivity index (χ1n) is 5.72. The van der Waals surface area contributed by atoms with Crippen LogP contribution in [0, 0.1) is 5.82 Å². The Morgan fingerprint density at radius 2 is 1.95 bits per heavy atom. The maximum absolute atomic E-state index is 13.2. The first kappa shape index (κ1) is 12.8. The van der Waals surface area contributed by atoms with Gasteiger partial charge in [-0.1, -0.05) is 11.2 Å². The summed E-state index contributed by atoms with van der Waals surface area (Å²) in [6.45, 7) is 0. The molecule has 1 aromatic heterocycles. The number of rotatable bonds is 2. The number of phenols is 1. The van der Waals surface area contributed by atoms with Crippen molar-refractivity contribution in [3.8, 4) is 28.6 Å². The second-order valence-corrected chi connectivity index (χ2v) is 4.96. The van der Waals surface area contributed by atoms with Crippen LogP contribution in [-0.4, -0.2) is 15.2 Å². The molecule has 0 fully saturated rings. The molecule has 0 saturated carbocycles. The van der Waals surface area contributed by atoms with Crippen molar-refractivity contribution < 1.29 is 14.0 Å². The Balaban J connectivity index is 1.99. The van der Waals surface area contributed by atoms with E-state index in [9.17, 15) is 9.50 Å². The summed E-state index contributed by atoms with van der Waals surface area (Å²) in [6, 6.07) is 11.0. The van der Waals surface area contributed by atoms with Gasteiger partial charge in [-0.25, -0.2) is 4.39 Å². The standard InChI is InChI=1S/C14H8BrFN2O2/c15-11-7-8(4-5-12(11)16)13-17-14(20-18-13)9-2-1-3-10(19)6-9/h1-7,19H. The van der Waals surface area contributed by atoms with E-state index in [1.54, 1.807) is 30.3 Å². The van der Waals surface area contributed by atoms with Crippen molar-refractivity contribution >= 4 is 15.9 Å². The average molecular weight is 335 g/mol. The summed E-state index contributed by atoms with van der Waals surface area (Å²) >= 11 is 3.11. The molecule has 0 bridgehead atoms. The van der Waals surface area contributed by atoms with Gasteiger partial charge in [0.15, 0.2) is 0 Å². The van der Waals surface area contributed by atoms with Crippen molar-refractivity contribution in [2.45, 2.75) is 0 Å². The van der Waals surface area contributed by atoms with Gasteiger partial charge in [0, 0.05) is 11.1 Å². The van der Waals surface area contributed by atoms with Crippen LogP contribution >= 0.6 is 15.9 Å². The van der Waals surface area contributed by atoms with Gasteiger partial charge in [0.05, 0.1) is 4.47 Å². The van der Waals surface area contributed by atoms with Gasteiger partial charge in [0.2, 0.25) is 5.82 Å². The van der Waals surface area contributed by atoms with Crippen LogP contribution in [0.5, 0.6) is 5.75 Å². The van der Waals surface area contributed by atoms with Gasteiger partial charge >= 0.3 is 0 Å². The topological polar surface area (TPSA) is 59.2 Å². The van der Waals surface area contributed by atoms with Gasteiger partial charge in [0.1, 0.15) is 11.6 Å². The fourth-order valence-corrected chi connectivity index (χ4v) is 2.11. The normalized spacial score (nSPS) is 10.7. The van der Waals surface area contributed by atoms with E-state index in [1.165, 1.54) is 12.1 Å². The minimum atomic E-state index is -0.356. The van der Waals surface area contributed by atoms with Crippen LogP contribution in [0.25, 0.3) is 22.8 Å². The van der Waals surface area contributed by atoms with Gasteiger partial charge in [0.25, 0.3) is 5.89 Å². The van der Waals surface area contributed by atoms with Gasteiger partial charge in [-0.15, -0.1) is 0 Å². The summed E-state index contributed by atoms with van der Waals surface area (Å²) in [5.41, 5.74) is 1.25. The molecule has 0 aliphatic carbocycles. The highest BCUT2D eigenvalue weighted by atomic mass is 79.9. The lowest BCUT2D eigenvalue weighted by molar-refractivity contribution is 0.431. The van der Waals surface area contributed by atoms with Crippen molar-refractivity contribution in [1.82, 2.24) is 10.1 Å². The monoisotopic (exact) mass is 334 g/mol. The SMILES string of the molecule is Oc1cccc(-c2nc(-c3ccc(F)c(Br)c3)no2)c1. The number of hydrogen-bond acceptors (Lipinski definition) is 4. The van der Waals surface area contributed by atoms with Crippen LogP contribution < -0.4 is 0 Å². The maximum atomic E-state index is 13.2. The fourth-order valence-electron chi connectivity index (χ4n) is 1.73. The van der Waals surface area contributed by atoms with Crippen LogP contribution in [0.2, 0.25) is 0 Å². The molecule has 0 aliphatic heterocycles. The number of aromatic nitrogens is 2. The number of aromatic hydroxyl groups is 1. The third-order valence-electron chi connectivity index (χ3n) is 2.70. The zero-order chi connectivity index (χ0) is 14.1. The Hall–Kier alpha value is -2.21. The number of benzene rings is 2.